The van der Waals surface area contributed by atoms with E-state index in [4.69, 9.17) is 16.3 Å². The Hall–Kier alpha value is -2.70. The summed E-state index contributed by atoms with van der Waals surface area (Å²) in [7, 11) is 1.54. The van der Waals surface area contributed by atoms with Crippen molar-refractivity contribution in [3.63, 3.8) is 0 Å². The van der Waals surface area contributed by atoms with E-state index in [9.17, 15) is 10.0 Å². The van der Waals surface area contributed by atoms with Crippen LogP contribution < -0.4 is 10.2 Å². The topological polar surface area (TPSA) is 74.7 Å². The third-order valence-electron chi connectivity index (χ3n) is 6.71. The Morgan fingerprint density at radius 3 is 2.89 bits per heavy atom. The molecule has 35 heavy (non-hydrogen) atoms. The average molecular weight is 516 g/mol. The normalized spacial score (nSPS) is 16.3. The van der Waals surface area contributed by atoms with Gasteiger partial charge in [-0.05, 0) is 55.3 Å². The summed E-state index contributed by atoms with van der Waals surface area (Å²) in [5, 5.41) is 14.2. The molecule has 1 aliphatic heterocycles. The van der Waals surface area contributed by atoms with Crippen molar-refractivity contribution in [2.24, 2.45) is 5.41 Å². The first kappa shape index (κ1) is 25.4. The molecule has 2 aromatic heterocycles. The number of pyridine rings is 1. The SMILES string of the molecule is COc1ccc2ncc(Cl)c(C(F)CCC3(C(=O)NO)CCN(CC#Cc4ccsc4)CC3)c2c1. The zero-order chi connectivity index (χ0) is 24.8. The second kappa shape index (κ2) is 11.4. The van der Waals surface area contributed by atoms with E-state index in [1.54, 1.807) is 36.6 Å². The highest BCUT2D eigenvalue weighted by molar-refractivity contribution is 7.08. The lowest BCUT2D eigenvalue weighted by molar-refractivity contribution is -0.143. The molecule has 1 aromatic carbocycles. The number of hydrogen-bond donors (Lipinski definition) is 2. The lowest BCUT2D eigenvalue weighted by atomic mass is 9.73. The minimum Gasteiger partial charge on any atom is -0.497 e. The van der Waals surface area contributed by atoms with Crippen LogP contribution in [0.3, 0.4) is 0 Å². The molecule has 1 atom stereocenters. The third kappa shape index (κ3) is 5.76. The number of halogens is 2. The molecular formula is C26H27ClFN3O3S. The maximum atomic E-state index is 15.7. The number of hydroxylamine groups is 1. The van der Waals surface area contributed by atoms with Gasteiger partial charge in [0, 0.05) is 41.2 Å². The van der Waals surface area contributed by atoms with E-state index in [2.05, 4.69) is 21.7 Å². The highest BCUT2D eigenvalue weighted by atomic mass is 35.5. The van der Waals surface area contributed by atoms with Crippen LogP contribution in [-0.4, -0.2) is 47.7 Å². The Morgan fingerprint density at radius 1 is 1.40 bits per heavy atom. The third-order valence-corrected chi connectivity index (χ3v) is 7.70. The first-order chi connectivity index (χ1) is 17.0. The Labute approximate surface area is 213 Å². The highest BCUT2D eigenvalue weighted by Crippen LogP contribution is 2.42. The molecule has 9 heteroatoms. The number of aromatic nitrogens is 1. The molecule has 0 saturated carbocycles. The molecule has 6 nitrogen and oxygen atoms in total. The number of rotatable bonds is 7. The van der Waals surface area contributed by atoms with Gasteiger partial charge in [-0.3, -0.25) is 19.9 Å². The number of thiophene rings is 1. The maximum absolute atomic E-state index is 15.7. The van der Waals surface area contributed by atoms with E-state index in [-0.39, 0.29) is 17.9 Å². The summed E-state index contributed by atoms with van der Waals surface area (Å²) in [6, 6.07) is 7.23. The molecule has 0 bridgehead atoms. The van der Waals surface area contributed by atoms with Crippen LogP contribution in [0.25, 0.3) is 10.9 Å². The molecule has 0 spiro atoms. The summed E-state index contributed by atoms with van der Waals surface area (Å²) in [6.07, 6.45) is 1.42. The van der Waals surface area contributed by atoms with Gasteiger partial charge in [0.15, 0.2) is 0 Å². The number of piperidine rings is 1. The van der Waals surface area contributed by atoms with Crippen LogP contribution >= 0.6 is 22.9 Å². The predicted molar refractivity (Wildman–Crippen MR) is 136 cm³/mol. The number of ether oxygens (including phenoxy) is 1. The number of carbonyl (C=O) groups is 1. The standard InChI is InChI=1S/C26H27ClFN3O3S/c1-34-19-4-5-23-20(15-19)24(21(27)16-29-23)22(28)6-8-26(25(32)30-33)9-12-31(13-10-26)11-2-3-18-7-14-35-17-18/h4-5,7,14-17,22,33H,6,8-13H2,1H3,(H,30,32). The summed E-state index contributed by atoms with van der Waals surface area (Å²) >= 11 is 7.97. The smallest absolute Gasteiger partial charge is 0.249 e. The fourth-order valence-corrected chi connectivity index (χ4v) is 5.45. The number of carbonyl (C=O) groups excluding carboxylic acids is 1. The van der Waals surface area contributed by atoms with Gasteiger partial charge in [0.25, 0.3) is 0 Å². The number of likely N-dealkylation sites (tertiary alicyclic amines) is 1. The van der Waals surface area contributed by atoms with Crippen molar-refractivity contribution in [3.8, 4) is 17.6 Å². The Balaban J connectivity index is 1.46. The number of hydrogen-bond acceptors (Lipinski definition) is 6. The second-order valence-corrected chi connectivity index (χ2v) is 9.91. The molecule has 3 aromatic rings. The molecule has 184 valence electrons. The number of alkyl halides is 1. The number of amides is 1. The van der Waals surface area contributed by atoms with Crippen LogP contribution in [0.1, 0.15) is 43.0 Å². The van der Waals surface area contributed by atoms with Crippen molar-refractivity contribution >= 4 is 39.7 Å². The van der Waals surface area contributed by atoms with Gasteiger partial charge in [-0.1, -0.05) is 23.4 Å². The summed E-state index contributed by atoms with van der Waals surface area (Å²) in [4.78, 5) is 19.2. The van der Waals surface area contributed by atoms with Crippen LogP contribution in [0, 0.1) is 17.3 Å². The molecule has 0 radical (unpaired) electrons. The van der Waals surface area contributed by atoms with E-state index in [1.807, 2.05) is 22.3 Å². The molecule has 1 saturated heterocycles. The van der Waals surface area contributed by atoms with E-state index >= 15 is 4.39 Å². The van der Waals surface area contributed by atoms with E-state index in [1.165, 1.54) is 6.20 Å². The van der Waals surface area contributed by atoms with Gasteiger partial charge >= 0.3 is 0 Å². The number of benzene rings is 1. The first-order valence-corrected chi connectivity index (χ1v) is 12.7. The van der Waals surface area contributed by atoms with Gasteiger partial charge in [0.05, 0.1) is 29.6 Å². The monoisotopic (exact) mass is 515 g/mol. The summed E-state index contributed by atoms with van der Waals surface area (Å²) in [6.45, 7) is 1.87. The van der Waals surface area contributed by atoms with Crippen LogP contribution in [0.4, 0.5) is 4.39 Å². The fourth-order valence-electron chi connectivity index (χ4n) is 4.60. The zero-order valence-electron chi connectivity index (χ0n) is 19.4. The largest absolute Gasteiger partial charge is 0.497 e. The van der Waals surface area contributed by atoms with Crippen molar-refractivity contribution < 1.29 is 19.1 Å². The number of fused-ring (bicyclic) bond motifs is 1. The van der Waals surface area contributed by atoms with Crippen molar-refractivity contribution in [2.45, 2.75) is 31.9 Å². The first-order valence-electron chi connectivity index (χ1n) is 11.4. The average Bonchev–Trinajstić information content (AvgIpc) is 3.40. The zero-order valence-corrected chi connectivity index (χ0v) is 21.0. The molecule has 2 N–H and O–H groups in total. The molecule has 1 unspecified atom stereocenters. The second-order valence-electron chi connectivity index (χ2n) is 8.72. The van der Waals surface area contributed by atoms with Gasteiger partial charge in [0.1, 0.15) is 11.9 Å². The van der Waals surface area contributed by atoms with Crippen molar-refractivity contribution in [2.75, 3.05) is 26.7 Å². The Kier molecular flexibility index (Phi) is 8.24. The predicted octanol–water partition coefficient (Wildman–Crippen LogP) is 5.39. The maximum Gasteiger partial charge on any atom is 0.249 e. The van der Waals surface area contributed by atoms with Crippen molar-refractivity contribution in [1.82, 2.24) is 15.4 Å². The number of methoxy groups -OCH3 is 1. The Bertz CT molecular complexity index is 1230. The van der Waals surface area contributed by atoms with Gasteiger partial charge in [-0.15, -0.1) is 0 Å². The number of nitrogens with one attached hydrogen (secondary N) is 1. The lowest BCUT2D eigenvalue weighted by Gasteiger charge is -2.40. The van der Waals surface area contributed by atoms with E-state index in [0.29, 0.717) is 54.7 Å². The molecule has 0 aliphatic carbocycles. The van der Waals surface area contributed by atoms with Crippen molar-refractivity contribution in [3.05, 3.63) is 57.4 Å². The number of nitrogens with zero attached hydrogens (tertiary/aromatic N) is 2. The molecule has 1 amide bonds. The van der Waals surface area contributed by atoms with Crippen LogP contribution in [0.2, 0.25) is 5.02 Å². The van der Waals surface area contributed by atoms with Gasteiger partial charge < -0.3 is 4.74 Å². The van der Waals surface area contributed by atoms with Gasteiger partial charge in [-0.25, -0.2) is 9.87 Å². The van der Waals surface area contributed by atoms with E-state index in [0.717, 1.165) is 5.56 Å². The quantitative estimate of drug-likeness (QED) is 0.251. The minimum absolute atomic E-state index is 0.0847. The van der Waals surface area contributed by atoms with Crippen LogP contribution in [0.5, 0.6) is 5.75 Å². The lowest BCUT2D eigenvalue weighted by Crippen LogP contribution is -2.48. The fraction of sp³-hybridized carbons (Fsp3) is 0.385. The van der Waals surface area contributed by atoms with Crippen molar-refractivity contribution in [1.29, 1.82) is 0 Å². The molecular weight excluding hydrogens is 489 g/mol. The summed E-state index contributed by atoms with van der Waals surface area (Å²) < 4.78 is 20.9. The Morgan fingerprint density at radius 2 is 2.20 bits per heavy atom. The van der Waals surface area contributed by atoms with Crippen LogP contribution in [-0.2, 0) is 4.79 Å². The minimum atomic E-state index is -1.40. The summed E-state index contributed by atoms with van der Waals surface area (Å²) in [5.74, 6) is 6.42. The molecule has 1 fully saturated rings. The molecule has 4 rings (SSSR count). The molecule has 1 aliphatic rings. The van der Waals surface area contributed by atoms with Gasteiger partial charge in [0.2, 0.25) is 5.91 Å². The van der Waals surface area contributed by atoms with Crippen LogP contribution in [0.15, 0.2) is 41.2 Å². The highest BCUT2D eigenvalue weighted by Gasteiger charge is 2.41. The summed E-state index contributed by atoms with van der Waals surface area (Å²) in [5.41, 5.74) is 2.91. The van der Waals surface area contributed by atoms with E-state index < -0.39 is 17.5 Å². The molecule has 3 heterocycles. The van der Waals surface area contributed by atoms with Gasteiger partial charge in [-0.2, -0.15) is 11.3 Å².